The van der Waals surface area contributed by atoms with Crippen LogP contribution in [0.5, 0.6) is 5.88 Å². The third kappa shape index (κ3) is 1.91. The van der Waals surface area contributed by atoms with Gasteiger partial charge in [-0.05, 0) is 5.56 Å². The maximum atomic E-state index is 8.94. The van der Waals surface area contributed by atoms with Crippen LogP contribution in [0.3, 0.4) is 0 Å². The van der Waals surface area contributed by atoms with E-state index < -0.39 is 0 Å². The fourth-order valence-electron chi connectivity index (χ4n) is 1.63. The lowest BCUT2D eigenvalue weighted by Gasteiger charge is -2.11. The van der Waals surface area contributed by atoms with E-state index in [9.17, 15) is 0 Å². The maximum absolute atomic E-state index is 8.94. The van der Waals surface area contributed by atoms with Crippen molar-refractivity contribution in [2.24, 2.45) is 0 Å². The normalized spacial score (nSPS) is 9.65. The highest BCUT2D eigenvalue weighted by Gasteiger charge is 2.14. The Balaban J connectivity index is 2.71. The monoisotopic (exact) mass is 225 g/mol. The molecule has 0 unspecified atom stereocenters. The minimum atomic E-state index is 0.352. The Hall–Kier alpha value is -2.54. The van der Waals surface area contributed by atoms with Gasteiger partial charge in [0.2, 0.25) is 5.88 Å². The third-order valence-corrected chi connectivity index (χ3v) is 2.46. The highest BCUT2D eigenvalue weighted by Crippen LogP contribution is 2.34. The Morgan fingerprint density at radius 2 is 2.00 bits per heavy atom. The summed E-state index contributed by atoms with van der Waals surface area (Å²) in [6.07, 6.45) is 1.42. The van der Waals surface area contributed by atoms with Crippen molar-refractivity contribution in [2.75, 3.05) is 12.8 Å². The van der Waals surface area contributed by atoms with E-state index >= 15 is 0 Å². The molecule has 0 aliphatic carbocycles. The zero-order valence-corrected chi connectivity index (χ0v) is 9.34. The molecule has 0 saturated carbocycles. The van der Waals surface area contributed by atoms with E-state index in [0.717, 1.165) is 5.56 Å². The fourth-order valence-corrected chi connectivity index (χ4v) is 1.63. The Kier molecular flexibility index (Phi) is 2.93. The summed E-state index contributed by atoms with van der Waals surface area (Å²) in [7, 11) is 1.53. The largest absolute Gasteiger partial charge is 0.480 e. The number of nitrogens with zero attached hydrogens (tertiary/aromatic N) is 2. The van der Waals surface area contributed by atoms with Crippen molar-refractivity contribution in [3.8, 4) is 23.1 Å². The molecule has 4 heteroatoms. The molecule has 0 spiro atoms. The highest BCUT2D eigenvalue weighted by atomic mass is 16.5. The van der Waals surface area contributed by atoms with Crippen LogP contribution >= 0.6 is 0 Å². The van der Waals surface area contributed by atoms with Crippen molar-refractivity contribution in [3.63, 3.8) is 0 Å². The first kappa shape index (κ1) is 11.0. The zero-order chi connectivity index (χ0) is 12.3. The quantitative estimate of drug-likeness (QED) is 0.850. The number of rotatable bonds is 2. The first-order chi connectivity index (χ1) is 8.27. The lowest BCUT2D eigenvalue weighted by molar-refractivity contribution is 0.400. The molecule has 2 rings (SSSR count). The van der Waals surface area contributed by atoms with E-state index in [2.05, 4.69) is 4.98 Å². The Morgan fingerprint density at radius 3 is 2.59 bits per heavy atom. The summed E-state index contributed by atoms with van der Waals surface area (Å²) < 4.78 is 5.18. The molecule has 0 radical (unpaired) electrons. The average molecular weight is 225 g/mol. The molecular formula is C13H11N3O. The lowest BCUT2D eigenvalue weighted by Crippen LogP contribution is -2.00. The van der Waals surface area contributed by atoms with Crippen LogP contribution in [0.2, 0.25) is 0 Å². The van der Waals surface area contributed by atoms with E-state index in [1.807, 2.05) is 36.4 Å². The number of pyridine rings is 1. The molecule has 1 aromatic heterocycles. The fraction of sp³-hybridized carbons (Fsp3) is 0.0769. The molecule has 84 valence electrons. The molecule has 0 saturated heterocycles. The van der Waals surface area contributed by atoms with Gasteiger partial charge in [0.25, 0.3) is 0 Å². The van der Waals surface area contributed by atoms with Crippen molar-refractivity contribution in [1.29, 1.82) is 5.26 Å². The smallest absolute Gasteiger partial charge is 0.223 e. The van der Waals surface area contributed by atoms with E-state index in [1.54, 1.807) is 0 Å². The number of hydrogen-bond donors (Lipinski definition) is 1. The van der Waals surface area contributed by atoms with Gasteiger partial charge in [-0.25, -0.2) is 4.98 Å². The first-order valence-electron chi connectivity index (χ1n) is 5.06. The van der Waals surface area contributed by atoms with E-state index in [1.165, 1.54) is 13.3 Å². The molecule has 0 fully saturated rings. The molecule has 4 nitrogen and oxygen atoms in total. The second-order valence-electron chi connectivity index (χ2n) is 3.45. The van der Waals surface area contributed by atoms with Gasteiger partial charge in [-0.15, -0.1) is 0 Å². The van der Waals surface area contributed by atoms with Crippen LogP contribution in [0.25, 0.3) is 11.1 Å². The van der Waals surface area contributed by atoms with Crippen LogP contribution < -0.4 is 10.5 Å². The molecule has 17 heavy (non-hydrogen) atoms. The van der Waals surface area contributed by atoms with Gasteiger partial charge >= 0.3 is 0 Å². The molecule has 1 heterocycles. The van der Waals surface area contributed by atoms with Crippen molar-refractivity contribution in [3.05, 3.63) is 42.1 Å². The van der Waals surface area contributed by atoms with E-state index in [0.29, 0.717) is 22.7 Å². The SMILES string of the molecule is COc1ncc(C#N)c(N)c1-c1ccccc1. The van der Waals surface area contributed by atoms with Crippen molar-refractivity contribution in [1.82, 2.24) is 4.98 Å². The number of anilines is 1. The molecule has 0 bridgehead atoms. The maximum Gasteiger partial charge on any atom is 0.223 e. The second-order valence-corrected chi connectivity index (χ2v) is 3.45. The number of benzene rings is 1. The van der Waals surface area contributed by atoms with E-state index in [-0.39, 0.29) is 0 Å². The lowest BCUT2D eigenvalue weighted by atomic mass is 10.0. The van der Waals surface area contributed by atoms with E-state index in [4.69, 9.17) is 15.7 Å². The molecule has 2 N–H and O–H groups in total. The summed E-state index contributed by atoms with van der Waals surface area (Å²) in [5.41, 5.74) is 8.25. The third-order valence-electron chi connectivity index (χ3n) is 2.46. The van der Waals surface area contributed by atoms with Gasteiger partial charge in [-0.3, -0.25) is 0 Å². The Morgan fingerprint density at radius 1 is 1.29 bits per heavy atom. The minimum Gasteiger partial charge on any atom is -0.480 e. The predicted molar refractivity (Wildman–Crippen MR) is 65.4 cm³/mol. The molecule has 1 aromatic carbocycles. The second kappa shape index (κ2) is 4.54. The van der Waals surface area contributed by atoms with Gasteiger partial charge in [0.15, 0.2) is 0 Å². The van der Waals surface area contributed by atoms with Gasteiger partial charge < -0.3 is 10.5 Å². The molecule has 2 aromatic rings. The minimum absolute atomic E-state index is 0.352. The number of hydrogen-bond acceptors (Lipinski definition) is 4. The van der Waals surface area contributed by atoms with Gasteiger partial charge in [-0.2, -0.15) is 5.26 Å². The topological polar surface area (TPSA) is 71.9 Å². The summed E-state index contributed by atoms with van der Waals surface area (Å²) in [6, 6.07) is 11.5. The zero-order valence-electron chi connectivity index (χ0n) is 9.34. The Bertz CT molecular complexity index is 573. The van der Waals surface area contributed by atoms with Crippen LogP contribution in [0.1, 0.15) is 5.56 Å². The van der Waals surface area contributed by atoms with Gasteiger partial charge in [0.1, 0.15) is 6.07 Å². The number of ether oxygens (including phenoxy) is 1. The van der Waals surface area contributed by atoms with Crippen molar-refractivity contribution in [2.45, 2.75) is 0 Å². The number of nitrogens with two attached hydrogens (primary N) is 1. The summed E-state index contributed by atoms with van der Waals surface area (Å²) in [5, 5.41) is 8.94. The number of aromatic nitrogens is 1. The van der Waals surface area contributed by atoms with Crippen LogP contribution in [-0.2, 0) is 0 Å². The van der Waals surface area contributed by atoms with Crippen LogP contribution in [0.4, 0.5) is 5.69 Å². The first-order valence-corrected chi connectivity index (χ1v) is 5.06. The number of nitriles is 1. The molecule has 0 atom stereocenters. The van der Waals surface area contributed by atoms with Crippen molar-refractivity contribution < 1.29 is 4.74 Å². The van der Waals surface area contributed by atoms with Gasteiger partial charge in [0.05, 0.1) is 30.1 Å². The molecular weight excluding hydrogens is 214 g/mol. The van der Waals surface area contributed by atoms with Gasteiger partial charge in [0, 0.05) is 0 Å². The summed E-state index contributed by atoms with van der Waals surface area (Å²) in [6.45, 7) is 0. The average Bonchev–Trinajstić information content (AvgIpc) is 2.39. The number of methoxy groups -OCH3 is 1. The van der Waals surface area contributed by atoms with Crippen molar-refractivity contribution >= 4 is 5.69 Å². The van der Waals surface area contributed by atoms with Crippen LogP contribution in [-0.4, -0.2) is 12.1 Å². The van der Waals surface area contributed by atoms with Crippen LogP contribution in [0, 0.1) is 11.3 Å². The standard InChI is InChI=1S/C13H11N3O/c1-17-13-11(9-5-3-2-4-6-9)12(15)10(7-14)8-16-13/h2-6,8H,1H3,(H2,15,16). The molecule has 0 aliphatic rings. The molecule has 0 aliphatic heterocycles. The van der Waals surface area contributed by atoms with Crippen LogP contribution in [0.15, 0.2) is 36.5 Å². The molecule has 0 amide bonds. The summed E-state index contributed by atoms with van der Waals surface area (Å²) in [5.74, 6) is 0.424. The Labute approximate surface area is 99.3 Å². The van der Waals surface area contributed by atoms with Gasteiger partial charge in [-0.1, -0.05) is 30.3 Å². The number of nitrogen functional groups attached to an aromatic ring is 1. The summed E-state index contributed by atoms with van der Waals surface area (Å²) in [4.78, 5) is 4.08. The highest BCUT2D eigenvalue weighted by molar-refractivity contribution is 5.83. The summed E-state index contributed by atoms with van der Waals surface area (Å²) >= 11 is 0. The predicted octanol–water partition coefficient (Wildman–Crippen LogP) is 2.21.